The van der Waals surface area contributed by atoms with E-state index >= 15 is 0 Å². The second-order valence-electron chi connectivity index (χ2n) is 8.09. The van der Waals surface area contributed by atoms with Gasteiger partial charge in [-0.15, -0.1) is 0 Å². The van der Waals surface area contributed by atoms with Crippen molar-refractivity contribution < 1.29 is 50.5 Å². The molecule has 13 heteroatoms. The van der Waals surface area contributed by atoms with Crippen LogP contribution < -0.4 is 4.74 Å². The number of carbonyl (C=O) groups excluding carboxylic acids is 1. The molecule has 0 unspecified atom stereocenters. The zero-order chi connectivity index (χ0) is 25.2. The average Bonchev–Trinajstić information content (AvgIpc) is 2.67. The van der Waals surface area contributed by atoms with Crippen LogP contribution in [0.4, 0.5) is 31.1 Å². The van der Waals surface area contributed by atoms with Crippen LogP contribution in [0.1, 0.15) is 25.0 Å². The summed E-state index contributed by atoms with van der Waals surface area (Å²) < 4.78 is 85.1. The Balaban J connectivity index is 2.03. The smallest absolute Gasteiger partial charge is 0.434 e. The fraction of sp³-hybridized carbons (Fsp3) is 0.600. The van der Waals surface area contributed by atoms with Crippen molar-refractivity contribution in [1.82, 2.24) is 9.80 Å². The predicted octanol–water partition coefficient (Wildman–Crippen LogP) is 3.98. The van der Waals surface area contributed by atoms with Crippen LogP contribution in [0.15, 0.2) is 18.2 Å². The minimum absolute atomic E-state index is 0.146. The van der Waals surface area contributed by atoms with Crippen LogP contribution in [0, 0.1) is 6.92 Å². The fourth-order valence-corrected chi connectivity index (χ4v) is 3.11. The number of hydrogen-bond acceptors (Lipinski definition) is 5. The Morgan fingerprint density at radius 3 is 2.06 bits per heavy atom. The van der Waals surface area contributed by atoms with Crippen molar-refractivity contribution in [1.29, 1.82) is 0 Å². The summed E-state index contributed by atoms with van der Waals surface area (Å²) in [5, 5.41) is 9.32. The van der Waals surface area contributed by atoms with Crippen LogP contribution in [0.3, 0.4) is 0 Å². The molecule has 1 aromatic rings. The van der Waals surface area contributed by atoms with Crippen molar-refractivity contribution in [3.05, 3.63) is 29.3 Å². The Hall–Kier alpha value is -2.70. The monoisotopic (exact) mass is 486 g/mol. The maximum atomic E-state index is 12.6. The lowest BCUT2D eigenvalue weighted by Gasteiger charge is -2.35. The van der Waals surface area contributed by atoms with Crippen molar-refractivity contribution in [2.45, 2.75) is 51.4 Å². The van der Waals surface area contributed by atoms with Crippen LogP contribution in [-0.4, -0.2) is 77.2 Å². The van der Waals surface area contributed by atoms with Crippen molar-refractivity contribution in [3.8, 4) is 5.75 Å². The molecular formula is C20H24F6N2O5. The van der Waals surface area contributed by atoms with Gasteiger partial charge < -0.3 is 19.5 Å². The molecule has 0 atom stereocenters. The number of ether oxygens (including phenoxy) is 2. The maximum absolute atomic E-state index is 12.6. The lowest BCUT2D eigenvalue weighted by atomic mass is 10.1. The number of alkyl halides is 6. The van der Waals surface area contributed by atoms with Crippen molar-refractivity contribution in [3.63, 3.8) is 0 Å². The highest BCUT2D eigenvalue weighted by Gasteiger charge is 2.60. The molecule has 1 aliphatic rings. The lowest BCUT2D eigenvalue weighted by Crippen LogP contribution is -2.52. The number of carbonyl (C=O) groups is 2. The zero-order valence-corrected chi connectivity index (χ0v) is 18.1. The molecule has 1 N–H and O–H groups in total. The molecule has 0 bridgehead atoms. The predicted molar refractivity (Wildman–Crippen MR) is 103 cm³/mol. The Morgan fingerprint density at radius 2 is 1.58 bits per heavy atom. The minimum atomic E-state index is -5.78. The molecule has 0 saturated carbocycles. The van der Waals surface area contributed by atoms with E-state index in [1.807, 2.05) is 4.90 Å². The molecule has 33 heavy (non-hydrogen) atoms. The Labute approximate surface area is 185 Å². The summed E-state index contributed by atoms with van der Waals surface area (Å²) in [5.74, 6) is -0.801. The van der Waals surface area contributed by atoms with E-state index in [9.17, 15) is 41.0 Å². The summed E-state index contributed by atoms with van der Waals surface area (Å²) in [7, 11) is 0. The first-order chi connectivity index (χ1) is 15.0. The van der Waals surface area contributed by atoms with Gasteiger partial charge in [0.1, 0.15) is 5.75 Å². The zero-order valence-electron chi connectivity index (χ0n) is 18.1. The third kappa shape index (κ3) is 6.89. The first-order valence-electron chi connectivity index (χ1n) is 9.84. The van der Waals surface area contributed by atoms with Crippen molar-refractivity contribution in [2.75, 3.05) is 26.2 Å². The molecule has 1 amide bonds. The second kappa shape index (κ2) is 9.65. The Bertz CT molecular complexity index is 849. The molecule has 186 valence electrons. The standard InChI is InChI=1S/C20H24F6N2O5/c1-12-5-4-6-13(14(12)33-18(2,3)16(29)30)11-27-7-9-28(10-8-27)17(31)32-15(19(21,22)23)20(24,25)26/h4-6,15H,7-11H2,1-3H3,(H,29,30). The third-order valence-corrected chi connectivity index (χ3v) is 5.00. The number of hydrogen-bond donors (Lipinski definition) is 1. The van der Waals surface area contributed by atoms with Gasteiger partial charge in [-0.3, -0.25) is 4.90 Å². The SMILES string of the molecule is Cc1cccc(CN2CCN(C(=O)OC(C(F)(F)F)C(F)(F)F)CC2)c1OC(C)(C)C(=O)O. The summed E-state index contributed by atoms with van der Waals surface area (Å²) in [6.45, 7) is 4.79. The molecule has 0 radical (unpaired) electrons. The van der Waals surface area contributed by atoms with E-state index in [1.54, 1.807) is 25.1 Å². The number of halogens is 6. The highest BCUT2D eigenvalue weighted by molar-refractivity contribution is 5.77. The molecule has 7 nitrogen and oxygen atoms in total. The molecular weight excluding hydrogens is 462 g/mol. The van der Waals surface area contributed by atoms with Gasteiger partial charge in [0.15, 0.2) is 5.60 Å². The molecule has 2 rings (SSSR count). The van der Waals surface area contributed by atoms with E-state index in [0.29, 0.717) is 16.9 Å². The molecule has 0 aromatic heterocycles. The van der Waals surface area contributed by atoms with Crippen LogP contribution in [0.25, 0.3) is 0 Å². The number of rotatable bonds is 6. The summed E-state index contributed by atoms with van der Waals surface area (Å²) in [4.78, 5) is 25.9. The Kier molecular flexibility index (Phi) is 7.77. The van der Waals surface area contributed by atoms with Gasteiger partial charge in [-0.25, -0.2) is 9.59 Å². The summed E-state index contributed by atoms with van der Waals surface area (Å²) >= 11 is 0. The number of benzene rings is 1. The van der Waals surface area contributed by atoms with Crippen LogP contribution in [-0.2, 0) is 16.1 Å². The molecule has 0 aliphatic carbocycles. The van der Waals surface area contributed by atoms with Gasteiger partial charge in [-0.05, 0) is 26.3 Å². The summed E-state index contributed by atoms with van der Waals surface area (Å²) in [6.07, 6.45) is -17.4. The third-order valence-electron chi connectivity index (χ3n) is 5.00. The highest BCUT2D eigenvalue weighted by atomic mass is 19.4. The molecule has 1 fully saturated rings. The lowest BCUT2D eigenvalue weighted by molar-refractivity contribution is -0.308. The van der Waals surface area contributed by atoms with Crippen molar-refractivity contribution >= 4 is 12.1 Å². The van der Waals surface area contributed by atoms with E-state index in [2.05, 4.69) is 4.74 Å². The first kappa shape index (κ1) is 26.6. The molecule has 1 saturated heterocycles. The largest absolute Gasteiger partial charge is 0.478 e. The van der Waals surface area contributed by atoms with Crippen LogP contribution in [0.2, 0.25) is 0 Å². The maximum Gasteiger partial charge on any atom is 0.434 e. The molecule has 0 spiro atoms. The quantitative estimate of drug-likeness (QED) is 0.613. The first-order valence-corrected chi connectivity index (χ1v) is 9.84. The van der Waals surface area contributed by atoms with Gasteiger partial charge in [0.25, 0.3) is 6.10 Å². The van der Waals surface area contributed by atoms with Gasteiger partial charge in [-0.1, -0.05) is 18.2 Å². The van der Waals surface area contributed by atoms with Gasteiger partial charge in [0.05, 0.1) is 0 Å². The number of nitrogens with zero attached hydrogens (tertiary/aromatic N) is 2. The summed E-state index contributed by atoms with van der Waals surface area (Å²) in [5.41, 5.74) is -0.166. The van der Waals surface area contributed by atoms with Gasteiger partial charge in [0.2, 0.25) is 0 Å². The number of carboxylic acid groups (broad SMARTS) is 1. The number of carboxylic acids is 1. The molecule has 1 heterocycles. The van der Waals surface area contributed by atoms with Crippen LogP contribution in [0.5, 0.6) is 5.75 Å². The number of amides is 1. The molecule has 1 aliphatic heterocycles. The number of piperazine rings is 1. The number of aryl methyl sites for hydroxylation is 1. The van der Waals surface area contributed by atoms with E-state index < -0.39 is 36.1 Å². The second-order valence-corrected chi connectivity index (χ2v) is 8.09. The number of aliphatic carboxylic acids is 1. The summed E-state index contributed by atoms with van der Waals surface area (Å²) in [6, 6.07) is 5.20. The highest BCUT2D eigenvalue weighted by Crippen LogP contribution is 2.36. The van der Waals surface area contributed by atoms with Gasteiger partial charge in [-0.2, -0.15) is 26.3 Å². The van der Waals surface area contributed by atoms with Gasteiger partial charge >= 0.3 is 24.4 Å². The van der Waals surface area contributed by atoms with Crippen molar-refractivity contribution in [2.24, 2.45) is 0 Å². The van der Waals surface area contributed by atoms with E-state index in [-0.39, 0.29) is 32.7 Å². The minimum Gasteiger partial charge on any atom is -0.478 e. The van der Waals surface area contributed by atoms with E-state index in [4.69, 9.17) is 4.74 Å². The topological polar surface area (TPSA) is 79.3 Å². The normalized spacial score (nSPS) is 16.1. The average molecular weight is 486 g/mol. The molecule has 1 aromatic carbocycles. The number of para-hydroxylation sites is 1. The Morgan fingerprint density at radius 1 is 1.03 bits per heavy atom. The van der Waals surface area contributed by atoms with E-state index in [1.165, 1.54) is 13.8 Å². The van der Waals surface area contributed by atoms with Crippen LogP contribution >= 0.6 is 0 Å². The van der Waals surface area contributed by atoms with Gasteiger partial charge in [0, 0.05) is 38.3 Å². The fourth-order valence-electron chi connectivity index (χ4n) is 3.11. The van der Waals surface area contributed by atoms with E-state index in [0.717, 1.165) is 4.90 Å².